The number of aliphatic carboxylic acids is 1. The van der Waals surface area contributed by atoms with Gasteiger partial charge in [-0.2, -0.15) is 5.10 Å². The topological polar surface area (TPSA) is 214 Å². The molecule has 6 N–H and O–H groups in total. The van der Waals surface area contributed by atoms with Crippen molar-refractivity contribution in [1.82, 2.24) is 16.1 Å². The SMILES string of the molecule is CC(C)OC(=O)CNc1cccc(C(=O)[C@H](CC(=O)O)NC(=O)CNC(=O)Nc2ccc(C=NNC(=O)OC(C)(C)C)cc2)c1C(C)C. The fourth-order valence-electron chi connectivity index (χ4n) is 4.29. The lowest BCUT2D eigenvalue weighted by atomic mass is 9.89. The Labute approximate surface area is 279 Å². The van der Waals surface area contributed by atoms with E-state index in [0.29, 0.717) is 22.5 Å². The number of Topliss-reactive ketones (excluding diaryl/α,β-unsaturated/α-hetero) is 1. The molecule has 0 aliphatic carbocycles. The van der Waals surface area contributed by atoms with E-state index in [1.54, 1.807) is 71.0 Å². The molecule has 0 aliphatic heterocycles. The van der Waals surface area contributed by atoms with Crippen molar-refractivity contribution < 1.29 is 43.3 Å². The Morgan fingerprint density at radius 3 is 2.19 bits per heavy atom. The van der Waals surface area contributed by atoms with E-state index >= 15 is 0 Å². The minimum Gasteiger partial charge on any atom is -0.481 e. The van der Waals surface area contributed by atoms with Gasteiger partial charge in [0.15, 0.2) is 5.78 Å². The second kappa shape index (κ2) is 18.0. The summed E-state index contributed by atoms with van der Waals surface area (Å²) in [4.78, 5) is 74.1. The van der Waals surface area contributed by atoms with Crippen molar-refractivity contribution in [2.75, 3.05) is 23.7 Å². The maximum atomic E-state index is 13.6. The van der Waals surface area contributed by atoms with E-state index in [-0.39, 0.29) is 24.1 Å². The highest BCUT2D eigenvalue weighted by molar-refractivity contribution is 6.06. The molecule has 0 aromatic heterocycles. The van der Waals surface area contributed by atoms with Crippen LogP contribution in [0.15, 0.2) is 47.6 Å². The molecule has 0 fully saturated rings. The quantitative estimate of drug-likeness (QED) is 0.0694. The first-order chi connectivity index (χ1) is 22.4. The highest BCUT2D eigenvalue weighted by atomic mass is 16.6. The van der Waals surface area contributed by atoms with E-state index < -0.39 is 60.4 Å². The molecule has 260 valence electrons. The van der Waals surface area contributed by atoms with Gasteiger partial charge in [0.05, 0.1) is 25.3 Å². The molecule has 1 atom stereocenters. The van der Waals surface area contributed by atoms with Crippen LogP contribution in [0.25, 0.3) is 0 Å². The number of rotatable bonds is 15. The second-order valence-electron chi connectivity index (χ2n) is 12.2. The summed E-state index contributed by atoms with van der Waals surface area (Å²) in [5.41, 5.74) is 3.79. The van der Waals surface area contributed by atoms with Crippen molar-refractivity contribution in [2.45, 2.75) is 78.6 Å². The smallest absolute Gasteiger partial charge is 0.428 e. The number of carboxylic acid groups (broad SMARTS) is 1. The molecule has 0 heterocycles. The molecule has 2 rings (SSSR count). The highest BCUT2D eigenvalue weighted by Crippen LogP contribution is 2.29. The van der Waals surface area contributed by atoms with Gasteiger partial charge in [0.25, 0.3) is 0 Å². The fourth-order valence-corrected chi connectivity index (χ4v) is 4.29. The number of ketones is 1. The second-order valence-corrected chi connectivity index (χ2v) is 12.2. The number of nitrogens with one attached hydrogen (secondary N) is 5. The number of nitrogens with zero attached hydrogens (tertiary/aromatic N) is 1. The molecule has 15 nitrogen and oxygen atoms in total. The zero-order valence-corrected chi connectivity index (χ0v) is 28.1. The van der Waals surface area contributed by atoms with Gasteiger partial charge in [-0.05, 0) is 69.9 Å². The van der Waals surface area contributed by atoms with Crippen LogP contribution in [-0.2, 0) is 23.9 Å². The molecule has 0 bridgehead atoms. The molecule has 15 heteroatoms. The third kappa shape index (κ3) is 13.9. The predicted octanol–water partition coefficient (Wildman–Crippen LogP) is 4.00. The van der Waals surface area contributed by atoms with Crippen LogP contribution in [-0.4, -0.2) is 77.9 Å². The van der Waals surface area contributed by atoms with E-state index in [0.717, 1.165) is 0 Å². The van der Waals surface area contributed by atoms with Gasteiger partial charge >= 0.3 is 24.1 Å². The lowest BCUT2D eigenvalue weighted by Crippen LogP contribution is -2.47. The van der Waals surface area contributed by atoms with Crippen molar-refractivity contribution in [3.63, 3.8) is 0 Å². The number of anilines is 2. The number of ether oxygens (including phenoxy) is 2. The minimum atomic E-state index is -1.43. The Morgan fingerprint density at radius 1 is 0.938 bits per heavy atom. The van der Waals surface area contributed by atoms with Crippen LogP contribution in [0.3, 0.4) is 0 Å². The summed E-state index contributed by atoms with van der Waals surface area (Å²) in [6.07, 6.45) is -0.323. The van der Waals surface area contributed by atoms with Crippen molar-refractivity contribution in [1.29, 1.82) is 0 Å². The Hall–Kier alpha value is -5.47. The first-order valence-electron chi connectivity index (χ1n) is 15.2. The number of hydrogen-bond donors (Lipinski definition) is 6. The van der Waals surface area contributed by atoms with E-state index in [1.165, 1.54) is 12.3 Å². The predicted molar refractivity (Wildman–Crippen MR) is 179 cm³/mol. The lowest BCUT2D eigenvalue weighted by molar-refractivity contribution is -0.145. The van der Waals surface area contributed by atoms with Crippen LogP contribution in [0.4, 0.5) is 21.0 Å². The molecule has 2 aromatic rings. The van der Waals surface area contributed by atoms with Crippen LogP contribution in [0.5, 0.6) is 0 Å². The lowest BCUT2D eigenvalue weighted by Gasteiger charge is -2.22. The molecule has 0 unspecified atom stereocenters. The Balaban J connectivity index is 2.02. The molecule has 0 saturated heterocycles. The van der Waals surface area contributed by atoms with Crippen molar-refractivity contribution >= 4 is 53.3 Å². The summed E-state index contributed by atoms with van der Waals surface area (Å²) < 4.78 is 10.2. The maximum absolute atomic E-state index is 13.6. The number of carbonyl (C=O) groups excluding carboxylic acids is 5. The molecular weight excluding hydrogens is 624 g/mol. The molecule has 0 spiro atoms. The van der Waals surface area contributed by atoms with Crippen molar-refractivity contribution in [3.8, 4) is 0 Å². The number of hydrazone groups is 1. The number of benzene rings is 2. The van der Waals surface area contributed by atoms with Gasteiger partial charge in [-0.15, -0.1) is 0 Å². The first-order valence-corrected chi connectivity index (χ1v) is 15.2. The zero-order valence-electron chi connectivity index (χ0n) is 28.1. The monoisotopic (exact) mass is 668 g/mol. The van der Waals surface area contributed by atoms with E-state index in [1.807, 2.05) is 13.8 Å². The molecule has 4 amide bonds. The van der Waals surface area contributed by atoms with E-state index in [2.05, 4.69) is 31.8 Å². The summed E-state index contributed by atoms with van der Waals surface area (Å²) in [5, 5.41) is 23.6. The molecular formula is C33H44N6O9. The van der Waals surface area contributed by atoms with Crippen molar-refractivity contribution in [3.05, 3.63) is 59.2 Å². The summed E-state index contributed by atoms with van der Waals surface area (Å²) >= 11 is 0. The largest absolute Gasteiger partial charge is 0.481 e. The molecule has 0 saturated carbocycles. The maximum Gasteiger partial charge on any atom is 0.428 e. The first kappa shape index (κ1) is 38.7. The molecule has 48 heavy (non-hydrogen) atoms. The average Bonchev–Trinajstić information content (AvgIpc) is 2.97. The van der Waals surface area contributed by atoms with E-state index in [9.17, 15) is 33.9 Å². The van der Waals surface area contributed by atoms with Crippen LogP contribution in [0.2, 0.25) is 0 Å². The van der Waals surface area contributed by atoms with Gasteiger partial charge in [0.2, 0.25) is 5.91 Å². The summed E-state index contributed by atoms with van der Waals surface area (Å²) in [5.74, 6) is -3.44. The number of esters is 1. The summed E-state index contributed by atoms with van der Waals surface area (Å²) in [7, 11) is 0. The van der Waals surface area contributed by atoms with Crippen LogP contribution in [0.1, 0.15) is 82.3 Å². The van der Waals surface area contributed by atoms with E-state index in [4.69, 9.17) is 9.47 Å². The number of hydrogen-bond acceptors (Lipinski definition) is 10. The van der Waals surface area contributed by atoms with Crippen LogP contribution < -0.4 is 26.7 Å². The average molecular weight is 669 g/mol. The molecule has 0 radical (unpaired) electrons. The number of urea groups is 1. The Bertz CT molecular complexity index is 1500. The van der Waals surface area contributed by atoms with Gasteiger partial charge < -0.3 is 35.8 Å². The van der Waals surface area contributed by atoms with Gasteiger partial charge in [0, 0.05) is 16.9 Å². The Kier molecular flexibility index (Phi) is 14.5. The zero-order chi connectivity index (χ0) is 36.0. The third-order valence-corrected chi connectivity index (χ3v) is 6.12. The summed E-state index contributed by atoms with van der Waals surface area (Å²) in [6, 6.07) is 9.02. The number of carboxylic acids is 1. The summed E-state index contributed by atoms with van der Waals surface area (Å²) in [6.45, 7) is 11.6. The van der Waals surface area contributed by atoms with Crippen LogP contribution in [0, 0.1) is 0 Å². The molecule has 0 aliphatic rings. The number of amides is 4. The van der Waals surface area contributed by atoms with Gasteiger partial charge in [-0.1, -0.05) is 38.1 Å². The Morgan fingerprint density at radius 2 is 1.60 bits per heavy atom. The standard InChI is InChI=1S/C33H44N6O9/c1-19(2)29-23(9-8-10-24(29)34-18-28(43)47-20(3)4)30(44)25(15-27(41)42)38-26(40)17-35-31(45)37-22-13-11-21(12-14-22)16-36-39-32(46)48-33(5,6)7/h8-14,16,19-20,25,34H,15,17-18H2,1-7H3,(H,38,40)(H,39,46)(H,41,42)(H2,35,37,45)/t25-/m0/s1. The van der Waals surface area contributed by atoms with Crippen LogP contribution >= 0.6 is 0 Å². The third-order valence-electron chi connectivity index (χ3n) is 6.12. The minimum absolute atomic E-state index is 0.149. The number of carbonyl (C=O) groups is 6. The fraction of sp³-hybridized carbons (Fsp3) is 0.424. The molecule has 2 aromatic carbocycles. The van der Waals surface area contributed by atoms with Gasteiger partial charge in [-0.25, -0.2) is 15.0 Å². The highest BCUT2D eigenvalue weighted by Gasteiger charge is 2.28. The van der Waals surface area contributed by atoms with Gasteiger partial charge in [-0.3, -0.25) is 19.2 Å². The van der Waals surface area contributed by atoms with Gasteiger partial charge in [0.1, 0.15) is 18.2 Å². The van der Waals surface area contributed by atoms with Crippen molar-refractivity contribution in [2.24, 2.45) is 5.10 Å². The normalized spacial score (nSPS) is 11.9.